The van der Waals surface area contributed by atoms with Crippen molar-refractivity contribution in [1.29, 1.82) is 0 Å². The van der Waals surface area contributed by atoms with Crippen molar-refractivity contribution in [2.75, 3.05) is 6.61 Å². The Kier molecular flexibility index (Phi) is 4.32. The normalized spacial score (nSPS) is 17.1. The van der Waals surface area contributed by atoms with E-state index in [-0.39, 0.29) is 12.4 Å². The molecule has 0 radical (unpaired) electrons. The van der Waals surface area contributed by atoms with Crippen molar-refractivity contribution in [3.63, 3.8) is 0 Å². The van der Waals surface area contributed by atoms with Crippen LogP contribution in [0.4, 0.5) is 0 Å². The summed E-state index contributed by atoms with van der Waals surface area (Å²) in [5, 5.41) is 0.548. The highest BCUT2D eigenvalue weighted by atomic mass is 35.5. The molecule has 1 aliphatic carbocycles. The fraction of sp³-hybridized carbons (Fsp3) is 0.467. The molecule has 0 bridgehead atoms. The van der Waals surface area contributed by atoms with Crippen molar-refractivity contribution in [2.24, 2.45) is 5.73 Å². The molecule has 0 unspecified atom stereocenters. The topological polar surface area (TPSA) is 56.7 Å². The number of benzene rings is 1. The van der Waals surface area contributed by atoms with E-state index >= 15 is 0 Å². The first-order valence-corrected chi connectivity index (χ1v) is 6.99. The molecule has 1 fully saturated rings. The number of carbonyl (C=O) groups excluding carboxylic acids is 1. The summed E-state index contributed by atoms with van der Waals surface area (Å²) in [4.78, 5) is 15.2. The highest BCUT2D eigenvalue weighted by Crippen LogP contribution is 2.50. The van der Waals surface area contributed by atoms with E-state index in [9.17, 15) is 4.79 Å². The molecule has 0 spiro atoms. The first-order chi connectivity index (χ1) is 9.50. The van der Waals surface area contributed by atoms with Gasteiger partial charge >= 0.3 is 5.97 Å². The Balaban J connectivity index is 2.20. The zero-order valence-corrected chi connectivity index (χ0v) is 12.1. The SMILES string of the molecule is [C-]#[N+]C1(c2cc(Cl)cc([C@@H](N)CC(=O)OCC)c2)CC1. The lowest BCUT2D eigenvalue weighted by atomic mass is 9.97. The number of hydrogen-bond acceptors (Lipinski definition) is 3. The molecule has 1 aromatic rings. The predicted molar refractivity (Wildman–Crippen MR) is 77.1 cm³/mol. The van der Waals surface area contributed by atoms with Gasteiger partial charge in [0, 0.05) is 29.5 Å². The molecule has 2 N–H and O–H groups in total. The Morgan fingerprint density at radius 1 is 1.55 bits per heavy atom. The first-order valence-electron chi connectivity index (χ1n) is 6.61. The maximum absolute atomic E-state index is 11.5. The number of hydrogen-bond donors (Lipinski definition) is 1. The van der Waals surface area contributed by atoms with Gasteiger partial charge in [-0.1, -0.05) is 11.6 Å². The Morgan fingerprint density at radius 2 is 2.25 bits per heavy atom. The molecular formula is C15H17ClN2O2. The van der Waals surface area contributed by atoms with Crippen LogP contribution in [-0.4, -0.2) is 12.6 Å². The van der Waals surface area contributed by atoms with Gasteiger partial charge in [-0.25, -0.2) is 6.57 Å². The maximum atomic E-state index is 11.5. The summed E-state index contributed by atoms with van der Waals surface area (Å²) in [5.41, 5.74) is 7.28. The van der Waals surface area contributed by atoms with Gasteiger partial charge in [-0.15, -0.1) is 0 Å². The molecular weight excluding hydrogens is 276 g/mol. The van der Waals surface area contributed by atoms with Crippen molar-refractivity contribution in [3.8, 4) is 0 Å². The van der Waals surface area contributed by atoms with E-state index in [0.717, 1.165) is 24.0 Å². The molecule has 1 saturated carbocycles. The van der Waals surface area contributed by atoms with Gasteiger partial charge in [-0.3, -0.25) is 4.79 Å². The van der Waals surface area contributed by atoms with Crippen LogP contribution >= 0.6 is 11.6 Å². The van der Waals surface area contributed by atoms with Gasteiger partial charge in [0.1, 0.15) is 0 Å². The van der Waals surface area contributed by atoms with Crippen LogP contribution in [0, 0.1) is 6.57 Å². The van der Waals surface area contributed by atoms with Crippen LogP contribution in [0.15, 0.2) is 18.2 Å². The number of esters is 1. The summed E-state index contributed by atoms with van der Waals surface area (Å²) in [6.45, 7) is 9.40. The number of nitrogens with zero attached hydrogens (tertiary/aromatic N) is 1. The third-order valence-corrected chi connectivity index (χ3v) is 3.73. The van der Waals surface area contributed by atoms with E-state index in [2.05, 4.69) is 4.85 Å². The van der Waals surface area contributed by atoms with E-state index in [1.54, 1.807) is 13.0 Å². The fourth-order valence-corrected chi connectivity index (χ4v) is 2.44. The average Bonchev–Trinajstić information content (AvgIpc) is 3.19. The second kappa shape index (κ2) is 5.82. The molecule has 1 atom stereocenters. The van der Waals surface area contributed by atoms with Gasteiger partial charge < -0.3 is 15.3 Å². The van der Waals surface area contributed by atoms with E-state index in [4.69, 9.17) is 28.6 Å². The second-order valence-electron chi connectivity index (χ2n) is 5.03. The average molecular weight is 293 g/mol. The highest BCUT2D eigenvalue weighted by Gasteiger charge is 2.52. The van der Waals surface area contributed by atoms with E-state index < -0.39 is 11.6 Å². The Labute approximate surface area is 123 Å². The summed E-state index contributed by atoms with van der Waals surface area (Å²) >= 11 is 6.11. The van der Waals surface area contributed by atoms with Crippen LogP contribution in [0.5, 0.6) is 0 Å². The monoisotopic (exact) mass is 292 g/mol. The lowest BCUT2D eigenvalue weighted by Gasteiger charge is -2.14. The van der Waals surface area contributed by atoms with Crippen molar-refractivity contribution in [1.82, 2.24) is 0 Å². The predicted octanol–water partition coefficient (Wildman–Crippen LogP) is 3.20. The van der Waals surface area contributed by atoms with Crippen LogP contribution in [0.3, 0.4) is 0 Å². The molecule has 0 aliphatic heterocycles. The summed E-state index contributed by atoms with van der Waals surface area (Å²) in [6.07, 6.45) is 1.81. The summed E-state index contributed by atoms with van der Waals surface area (Å²) in [5.74, 6) is -0.326. The molecule has 2 rings (SSSR count). The van der Waals surface area contributed by atoms with Gasteiger partial charge in [0.2, 0.25) is 0 Å². The van der Waals surface area contributed by atoms with Crippen LogP contribution in [0.1, 0.15) is 43.4 Å². The number of carbonyl (C=O) groups is 1. The van der Waals surface area contributed by atoms with Crippen molar-refractivity contribution >= 4 is 17.6 Å². The zero-order valence-electron chi connectivity index (χ0n) is 11.4. The molecule has 0 heterocycles. The fourth-order valence-electron chi connectivity index (χ4n) is 2.20. The smallest absolute Gasteiger partial charge is 0.307 e. The highest BCUT2D eigenvalue weighted by molar-refractivity contribution is 6.30. The molecule has 5 heteroatoms. The quantitative estimate of drug-likeness (QED) is 0.670. The Hall–Kier alpha value is -1.57. The van der Waals surface area contributed by atoms with Gasteiger partial charge in [0.05, 0.1) is 13.0 Å². The van der Waals surface area contributed by atoms with Gasteiger partial charge in [-0.05, 0) is 30.7 Å². The summed E-state index contributed by atoms with van der Waals surface area (Å²) in [7, 11) is 0. The molecule has 4 nitrogen and oxygen atoms in total. The van der Waals surface area contributed by atoms with Gasteiger partial charge in [0.25, 0.3) is 5.54 Å². The van der Waals surface area contributed by atoms with E-state index in [1.165, 1.54) is 0 Å². The van der Waals surface area contributed by atoms with Crippen molar-refractivity contribution < 1.29 is 9.53 Å². The molecule has 1 aromatic carbocycles. The number of rotatable bonds is 5. The molecule has 0 aromatic heterocycles. The van der Waals surface area contributed by atoms with Crippen LogP contribution in [-0.2, 0) is 15.1 Å². The lowest BCUT2D eigenvalue weighted by Crippen LogP contribution is -2.18. The third-order valence-electron chi connectivity index (χ3n) is 3.52. The molecule has 106 valence electrons. The van der Waals surface area contributed by atoms with Crippen molar-refractivity contribution in [3.05, 3.63) is 45.8 Å². The standard InChI is InChI=1S/C15H17ClN2O2/c1-3-20-14(19)9-13(17)10-6-11(8-12(16)7-10)15(18-2)4-5-15/h6-8,13H,3-5,9,17H2,1H3/t13-/m0/s1. The largest absolute Gasteiger partial charge is 0.466 e. The number of ether oxygens (including phenoxy) is 1. The second-order valence-corrected chi connectivity index (χ2v) is 5.47. The Morgan fingerprint density at radius 3 is 2.80 bits per heavy atom. The molecule has 0 amide bonds. The zero-order chi connectivity index (χ0) is 14.8. The number of halogens is 1. The van der Waals surface area contributed by atoms with Crippen LogP contribution in [0.25, 0.3) is 4.85 Å². The van der Waals surface area contributed by atoms with Crippen molar-refractivity contribution in [2.45, 2.75) is 37.8 Å². The minimum atomic E-state index is -0.465. The van der Waals surface area contributed by atoms with Gasteiger partial charge in [-0.2, -0.15) is 0 Å². The van der Waals surface area contributed by atoms with Crippen LogP contribution in [0.2, 0.25) is 5.02 Å². The van der Waals surface area contributed by atoms with Crippen LogP contribution < -0.4 is 5.73 Å². The first kappa shape index (κ1) is 14.8. The molecule has 0 saturated heterocycles. The Bertz CT molecular complexity index is 561. The number of nitrogens with two attached hydrogens (primary N) is 1. The summed E-state index contributed by atoms with van der Waals surface area (Å²) in [6, 6.07) is 4.98. The lowest BCUT2D eigenvalue weighted by molar-refractivity contribution is -0.143. The molecule has 1 aliphatic rings. The molecule has 20 heavy (non-hydrogen) atoms. The van der Waals surface area contributed by atoms with E-state index in [1.807, 2.05) is 12.1 Å². The van der Waals surface area contributed by atoms with E-state index in [0.29, 0.717) is 11.6 Å². The minimum Gasteiger partial charge on any atom is -0.466 e. The minimum absolute atomic E-state index is 0.110. The summed E-state index contributed by atoms with van der Waals surface area (Å²) < 4.78 is 4.89. The third kappa shape index (κ3) is 3.12. The maximum Gasteiger partial charge on any atom is 0.307 e. The van der Waals surface area contributed by atoms with Gasteiger partial charge in [0.15, 0.2) is 0 Å².